The molecule has 2 aromatic carbocycles. The molecule has 0 saturated carbocycles. The zero-order valence-corrected chi connectivity index (χ0v) is 17.7. The van der Waals surface area contributed by atoms with Crippen molar-refractivity contribution < 1.29 is 22.8 Å². The van der Waals surface area contributed by atoms with Crippen molar-refractivity contribution in [1.82, 2.24) is 14.7 Å². The van der Waals surface area contributed by atoms with E-state index in [9.17, 15) is 18.0 Å². The molecule has 0 radical (unpaired) electrons. The van der Waals surface area contributed by atoms with E-state index in [0.29, 0.717) is 24.2 Å². The maximum atomic E-state index is 12.8. The SMILES string of the molecule is CCN(Cc1ccc(C(=O)N(C)C)cc1)C(=O)c1ccc(S(=O)(=O)NOC)cc1. The molecular weight excluding hydrogens is 394 g/mol. The second kappa shape index (κ2) is 9.64. The smallest absolute Gasteiger partial charge is 0.262 e. The molecule has 1 N–H and O–H groups in total. The summed E-state index contributed by atoms with van der Waals surface area (Å²) in [6.07, 6.45) is 0. The Morgan fingerprint density at radius 2 is 1.45 bits per heavy atom. The number of benzene rings is 2. The number of hydrogen-bond acceptors (Lipinski definition) is 5. The third kappa shape index (κ3) is 5.63. The molecule has 0 heterocycles. The Labute approximate surface area is 171 Å². The minimum atomic E-state index is -3.77. The Morgan fingerprint density at radius 3 is 1.93 bits per heavy atom. The van der Waals surface area contributed by atoms with Gasteiger partial charge >= 0.3 is 0 Å². The van der Waals surface area contributed by atoms with Crippen LogP contribution in [0.15, 0.2) is 53.4 Å². The third-order valence-electron chi connectivity index (χ3n) is 4.25. The van der Waals surface area contributed by atoms with Crippen LogP contribution in [0.2, 0.25) is 0 Å². The fraction of sp³-hybridized carbons (Fsp3) is 0.300. The third-order valence-corrected chi connectivity index (χ3v) is 5.53. The van der Waals surface area contributed by atoms with Crippen molar-refractivity contribution in [1.29, 1.82) is 0 Å². The van der Waals surface area contributed by atoms with Crippen molar-refractivity contribution in [3.05, 3.63) is 65.2 Å². The molecule has 0 fully saturated rings. The van der Waals surface area contributed by atoms with Crippen molar-refractivity contribution in [2.75, 3.05) is 27.7 Å². The molecule has 29 heavy (non-hydrogen) atoms. The normalized spacial score (nSPS) is 11.2. The van der Waals surface area contributed by atoms with E-state index in [1.165, 1.54) is 36.3 Å². The maximum Gasteiger partial charge on any atom is 0.262 e. The van der Waals surface area contributed by atoms with Crippen LogP contribution in [-0.4, -0.2) is 57.8 Å². The lowest BCUT2D eigenvalue weighted by Gasteiger charge is -2.21. The van der Waals surface area contributed by atoms with E-state index in [-0.39, 0.29) is 16.7 Å². The van der Waals surface area contributed by atoms with Gasteiger partial charge in [0.05, 0.1) is 12.0 Å². The van der Waals surface area contributed by atoms with Crippen LogP contribution in [-0.2, 0) is 21.4 Å². The van der Waals surface area contributed by atoms with Crippen molar-refractivity contribution in [2.45, 2.75) is 18.4 Å². The van der Waals surface area contributed by atoms with Crippen LogP contribution in [0.5, 0.6) is 0 Å². The average Bonchev–Trinajstić information content (AvgIpc) is 2.71. The number of carbonyl (C=O) groups excluding carboxylic acids is 2. The van der Waals surface area contributed by atoms with E-state index in [2.05, 4.69) is 4.84 Å². The highest BCUT2D eigenvalue weighted by atomic mass is 32.2. The van der Waals surface area contributed by atoms with Gasteiger partial charge in [0.2, 0.25) is 0 Å². The number of rotatable bonds is 8. The van der Waals surface area contributed by atoms with E-state index in [4.69, 9.17) is 0 Å². The van der Waals surface area contributed by atoms with Crippen molar-refractivity contribution >= 4 is 21.8 Å². The molecule has 2 rings (SSSR count). The number of hydrogen-bond donors (Lipinski definition) is 1. The summed E-state index contributed by atoms with van der Waals surface area (Å²) >= 11 is 0. The van der Waals surface area contributed by atoms with Crippen LogP contribution in [0.3, 0.4) is 0 Å². The van der Waals surface area contributed by atoms with Gasteiger partial charge in [0.15, 0.2) is 0 Å². The van der Waals surface area contributed by atoms with Gasteiger partial charge in [-0.2, -0.15) is 0 Å². The predicted octanol–water partition coefficient (Wildman–Crippen LogP) is 1.89. The fourth-order valence-corrected chi connectivity index (χ4v) is 3.49. The zero-order chi connectivity index (χ0) is 21.6. The molecule has 0 aliphatic heterocycles. The number of nitrogens with zero attached hydrogens (tertiary/aromatic N) is 2. The number of carbonyl (C=O) groups is 2. The highest BCUT2D eigenvalue weighted by molar-refractivity contribution is 7.89. The van der Waals surface area contributed by atoms with E-state index in [1.54, 1.807) is 31.1 Å². The molecule has 9 heteroatoms. The van der Waals surface area contributed by atoms with Crippen LogP contribution in [0.4, 0.5) is 0 Å². The summed E-state index contributed by atoms with van der Waals surface area (Å²) in [6.45, 7) is 2.71. The lowest BCUT2D eigenvalue weighted by molar-refractivity contribution is 0.0751. The van der Waals surface area contributed by atoms with E-state index >= 15 is 0 Å². The highest BCUT2D eigenvalue weighted by Gasteiger charge is 2.18. The molecule has 156 valence electrons. The number of sulfonamides is 1. The van der Waals surface area contributed by atoms with Crippen LogP contribution < -0.4 is 4.89 Å². The molecule has 2 amide bonds. The summed E-state index contributed by atoms with van der Waals surface area (Å²) in [5.41, 5.74) is 1.84. The first kappa shape index (κ1) is 22.5. The van der Waals surface area contributed by atoms with Gasteiger partial charge in [0.25, 0.3) is 21.8 Å². The zero-order valence-electron chi connectivity index (χ0n) is 16.9. The first-order valence-corrected chi connectivity index (χ1v) is 10.4. The van der Waals surface area contributed by atoms with Gasteiger partial charge in [-0.1, -0.05) is 17.0 Å². The van der Waals surface area contributed by atoms with Gasteiger partial charge in [-0.3, -0.25) is 14.4 Å². The molecule has 2 aromatic rings. The maximum absolute atomic E-state index is 12.8. The summed E-state index contributed by atoms with van der Waals surface area (Å²) in [4.78, 5) is 34.3. The Morgan fingerprint density at radius 1 is 0.931 bits per heavy atom. The Bertz CT molecular complexity index is 955. The second-order valence-electron chi connectivity index (χ2n) is 6.53. The minimum absolute atomic E-state index is 0.0000894. The standard InChI is InChI=1S/C20H25N3O5S/c1-5-23(14-15-6-8-16(9-7-15)19(24)22(2)3)20(25)17-10-12-18(13-11-17)29(26,27)21-28-4/h6-13,21H,5,14H2,1-4H3. The van der Waals surface area contributed by atoms with E-state index < -0.39 is 10.0 Å². The van der Waals surface area contributed by atoms with Crippen LogP contribution in [0, 0.1) is 0 Å². The number of nitrogens with one attached hydrogen (secondary N) is 1. The van der Waals surface area contributed by atoms with Gasteiger partial charge < -0.3 is 9.80 Å². The largest absolute Gasteiger partial charge is 0.345 e. The predicted molar refractivity (Wildman–Crippen MR) is 109 cm³/mol. The van der Waals surface area contributed by atoms with Crippen molar-refractivity contribution in [3.63, 3.8) is 0 Å². The van der Waals surface area contributed by atoms with Gasteiger partial charge in [-0.15, -0.1) is 0 Å². The molecule has 0 aromatic heterocycles. The lowest BCUT2D eigenvalue weighted by atomic mass is 10.1. The Kier molecular flexibility index (Phi) is 7.49. The van der Waals surface area contributed by atoms with E-state index in [0.717, 1.165) is 5.56 Å². The molecule has 0 bridgehead atoms. The van der Waals surface area contributed by atoms with Gasteiger partial charge in [-0.25, -0.2) is 8.42 Å². The monoisotopic (exact) mass is 419 g/mol. The molecule has 0 spiro atoms. The lowest BCUT2D eigenvalue weighted by Crippen LogP contribution is -2.30. The van der Waals surface area contributed by atoms with Crippen LogP contribution in [0.1, 0.15) is 33.2 Å². The first-order chi connectivity index (χ1) is 13.7. The summed E-state index contributed by atoms with van der Waals surface area (Å²) in [6, 6.07) is 12.7. The fourth-order valence-electron chi connectivity index (χ4n) is 2.68. The second-order valence-corrected chi connectivity index (χ2v) is 8.18. The van der Waals surface area contributed by atoms with Crippen LogP contribution >= 0.6 is 0 Å². The van der Waals surface area contributed by atoms with Crippen molar-refractivity contribution in [3.8, 4) is 0 Å². The molecule has 0 atom stereocenters. The van der Waals surface area contributed by atoms with Crippen LogP contribution in [0.25, 0.3) is 0 Å². The van der Waals surface area contributed by atoms with Crippen molar-refractivity contribution in [2.24, 2.45) is 0 Å². The molecule has 0 saturated heterocycles. The Hall–Kier alpha value is -2.75. The Balaban J connectivity index is 2.13. The molecule has 0 aliphatic carbocycles. The highest BCUT2D eigenvalue weighted by Crippen LogP contribution is 2.15. The summed E-state index contributed by atoms with van der Waals surface area (Å²) in [5, 5.41) is 0. The van der Waals surface area contributed by atoms with E-state index in [1.807, 2.05) is 23.9 Å². The first-order valence-electron chi connectivity index (χ1n) is 8.94. The average molecular weight is 420 g/mol. The minimum Gasteiger partial charge on any atom is -0.345 e. The quantitative estimate of drug-likeness (QED) is 0.659. The summed E-state index contributed by atoms with van der Waals surface area (Å²) < 4.78 is 23.8. The molecule has 8 nitrogen and oxygen atoms in total. The molecule has 0 unspecified atom stereocenters. The molecular formula is C20H25N3O5S. The molecule has 0 aliphatic rings. The topological polar surface area (TPSA) is 96.0 Å². The van der Waals surface area contributed by atoms with Gasteiger partial charge in [-0.05, 0) is 48.9 Å². The van der Waals surface area contributed by atoms with Gasteiger partial charge in [0, 0.05) is 38.3 Å². The number of amides is 2. The summed E-state index contributed by atoms with van der Waals surface area (Å²) in [7, 11) is 0.813. The summed E-state index contributed by atoms with van der Waals surface area (Å²) in [5.74, 6) is -0.303. The van der Waals surface area contributed by atoms with Gasteiger partial charge in [0.1, 0.15) is 0 Å².